The van der Waals surface area contributed by atoms with E-state index >= 15 is 0 Å². The van der Waals surface area contributed by atoms with Crippen molar-refractivity contribution < 1.29 is 19.1 Å². The Morgan fingerprint density at radius 3 is 2.60 bits per heavy atom. The third-order valence-electron chi connectivity index (χ3n) is 3.09. The molecule has 0 unspecified atom stereocenters. The van der Waals surface area contributed by atoms with Gasteiger partial charge in [0.1, 0.15) is 17.5 Å². The predicted molar refractivity (Wildman–Crippen MR) is 71.7 cm³/mol. The third-order valence-corrected chi connectivity index (χ3v) is 3.09. The molecule has 6 nitrogen and oxygen atoms in total. The number of carbonyl (C=O) groups is 2. The van der Waals surface area contributed by atoms with Crippen molar-refractivity contribution in [2.24, 2.45) is 0 Å². The highest BCUT2D eigenvalue weighted by Gasteiger charge is 2.31. The number of esters is 1. The zero-order valence-electron chi connectivity index (χ0n) is 11.5. The average Bonchev–Trinajstić information content (AvgIpc) is 2.48. The van der Waals surface area contributed by atoms with Gasteiger partial charge in [-0.25, -0.2) is 4.79 Å². The number of rotatable bonds is 3. The summed E-state index contributed by atoms with van der Waals surface area (Å²) in [4.78, 5) is 23.7. The van der Waals surface area contributed by atoms with E-state index in [1.54, 1.807) is 26.2 Å². The van der Waals surface area contributed by atoms with E-state index in [0.717, 1.165) is 0 Å². The fraction of sp³-hybridized carbons (Fsp3) is 0.286. The van der Waals surface area contributed by atoms with E-state index in [2.05, 4.69) is 15.4 Å². The Kier molecular flexibility index (Phi) is 3.93. The molecule has 0 saturated carbocycles. The van der Waals surface area contributed by atoms with Gasteiger partial charge in [0, 0.05) is 11.3 Å². The predicted octanol–water partition coefficient (Wildman–Crippen LogP) is 0.860. The largest absolute Gasteiger partial charge is 0.496 e. The minimum atomic E-state index is -0.612. The summed E-state index contributed by atoms with van der Waals surface area (Å²) >= 11 is 0. The molecule has 1 aromatic rings. The molecule has 0 fully saturated rings. The van der Waals surface area contributed by atoms with E-state index in [0.29, 0.717) is 17.0 Å². The van der Waals surface area contributed by atoms with Gasteiger partial charge in [-0.15, -0.1) is 0 Å². The second-order valence-electron chi connectivity index (χ2n) is 4.30. The first-order valence-electron chi connectivity index (χ1n) is 6.08. The van der Waals surface area contributed by atoms with E-state index in [4.69, 9.17) is 4.74 Å². The van der Waals surface area contributed by atoms with Gasteiger partial charge >= 0.3 is 5.97 Å². The van der Waals surface area contributed by atoms with Gasteiger partial charge < -0.3 is 20.1 Å². The number of amides is 1. The second kappa shape index (κ2) is 5.64. The van der Waals surface area contributed by atoms with Gasteiger partial charge in [0.2, 0.25) is 0 Å². The Bertz CT molecular complexity index is 580. The van der Waals surface area contributed by atoms with E-state index in [1.807, 2.05) is 12.1 Å². The number of hydrogen-bond acceptors (Lipinski definition) is 5. The van der Waals surface area contributed by atoms with Crippen molar-refractivity contribution in [1.29, 1.82) is 0 Å². The van der Waals surface area contributed by atoms with Gasteiger partial charge in [-0.2, -0.15) is 0 Å². The maximum atomic E-state index is 12.2. The van der Waals surface area contributed by atoms with Crippen LogP contribution in [0.25, 0.3) is 0 Å². The molecule has 1 atom stereocenters. The van der Waals surface area contributed by atoms with Crippen molar-refractivity contribution in [3.05, 3.63) is 41.2 Å². The summed E-state index contributed by atoms with van der Waals surface area (Å²) in [6.07, 6.45) is 0. The SMILES string of the molecule is COC(=O)C1=C(C)N[C@H](c2ccccc2OC)C(=O)N1. The lowest BCUT2D eigenvalue weighted by Crippen LogP contribution is -2.45. The summed E-state index contributed by atoms with van der Waals surface area (Å²) in [6, 6.07) is 6.61. The number of hydrogen-bond donors (Lipinski definition) is 2. The molecule has 1 amide bonds. The van der Waals surface area contributed by atoms with Crippen LogP contribution in [0.1, 0.15) is 18.5 Å². The van der Waals surface area contributed by atoms with Gasteiger partial charge in [0.05, 0.1) is 14.2 Å². The normalized spacial score (nSPS) is 18.1. The number of carbonyl (C=O) groups excluding carboxylic acids is 2. The molecule has 1 aromatic carbocycles. The molecule has 1 aliphatic heterocycles. The molecule has 0 saturated heterocycles. The molecule has 1 aliphatic rings. The van der Waals surface area contributed by atoms with Crippen molar-refractivity contribution in [1.82, 2.24) is 10.6 Å². The maximum absolute atomic E-state index is 12.2. The fourth-order valence-electron chi connectivity index (χ4n) is 2.07. The standard InChI is InChI=1S/C14H16N2O4/c1-8-11(14(18)20-3)16-13(17)12(15-8)9-6-4-5-7-10(9)19-2/h4-7,12,15H,1-3H3,(H,16,17)/t12-/m1/s1. The van der Waals surface area contributed by atoms with Gasteiger partial charge in [-0.1, -0.05) is 18.2 Å². The van der Waals surface area contributed by atoms with Gasteiger partial charge in [0.25, 0.3) is 5.91 Å². The molecular formula is C14H16N2O4. The molecule has 0 aliphatic carbocycles. The lowest BCUT2D eigenvalue weighted by atomic mass is 10.0. The summed E-state index contributed by atoms with van der Waals surface area (Å²) in [5, 5.41) is 5.57. The lowest BCUT2D eigenvalue weighted by molar-refractivity contribution is -0.138. The quantitative estimate of drug-likeness (QED) is 0.801. The molecule has 1 heterocycles. The van der Waals surface area contributed by atoms with Crippen LogP contribution in [0.3, 0.4) is 0 Å². The molecule has 20 heavy (non-hydrogen) atoms. The molecule has 106 valence electrons. The van der Waals surface area contributed by atoms with Crippen LogP contribution in [0.2, 0.25) is 0 Å². The lowest BCUT2D eigenvalue weighted by Gasteiger charge is -2.27. The van der Waals surface area contributed by atoms with Crippen LogP contribution < -0.4 is 15.4 Å². The first kappa shape index (κ1) is 13.9. The van der Waals surface area contributed by atoms with Crippen LogP contribution in [0.15, 0.2) is 35.7 Å². The summed E-state index contributed by atoms with van der Waals surface area (Å²) in [5.74, 6) is -0.309. The monoisotopic (exact) mass is 276 g/mol. The highest BCUT2D eigenvalue weighted by Crippen LogP contribution is 2.28. The number of nitrogens with one attached hydrogen (secondary N) is 2. The van der Waals surface area contributed by atoms with Crippen LogP contribution in [0, 0.1) is 0 Å². The summed E-state index contributed by atoms with van der Waals surface area (Å²) in [7, 11) is 2.81. The Balaban J connectivity index is 2.35. The fourth-order valence-corrected chi connectivity index (χ4v) is 2.07. The number of allylic oxidation sites excluding steroid dienone is 1. The summed E-state index contributed by atoms with van der Waals surface area (Å²) in [5.41, 5.74) is 1.38. The smallest absolute Gasteiger partial charge is 0.356 e. The molecule has 0 spiro atoms. The first-order chi connectivity index (χ1) is 9.58. The molecule has 2 N–H and O–H groups in total. The van der Waals surface area contributed by atoms with Crippen LogP contribution >= 0.6 is 0 Å². The van der Waals surface area contributed by atoms with Crippen LogP contribution in [-0.2, 0) is 14.3 Å². The van der Waals surface area contributed by atoms with Crippen LogP contribution in [-0.4, -0.2) is 26.1 Å². The zero-order chi connectivity index (χ0) is 14.7. The third kappa shape index (κ3) is 2.45. The van der Waals surface area contributed by atoms with E-state index in [1.165, 1.54) is 7.11 Å². The van der Waals surface area contributed by atoms with Crippen LogP contribution in [0.5, 0.6) is 5.75 Å². The van der Waals surface area contributed by atoms with E-state index in [9.17, 15) is 9.59 Å². The van der Waals surface area contributed by atoms with Crippen molar-refractivity contribution in [3.8, 4) is 5.75 Å². The Labute approximate surface area is 116 Å². The summed E-state index contributed by atoms with van der Waals surface area (Å²) in [6.45, 7) is 1.70. The summed E-state index contributed by atoms with van der Waals surface area (Å²) < 4.78 is 9.87. The van der Waals surface area contributed by atoms with Crippen molar-refractivity contribution in [3.63, 3.8) is 0 Å². The van der Waals surface area contributed by atoms with Crippen molar-refractivity contribution in [2.75, 3.05) is 14.2 Å². The number of benzene rings is 1. The molecule has 0 radical (unpaired) electrons. The van der Waals surface area contributed by atoms with E-state index in [-0.39, 0.29) is 11.6 Å². The van der Waals surface area contributed by atoms with Gasteiger partial charge in [-0.3, -0.25) is 4.79 Å². The highest BCUT2D eigenvalue weighted by atomic mass is 16.5. The van der Waals surface area contributed by atoms with Crippen molar-refractivity contribution in [2.45, 2.75) is 13.0 Å². The van der Waals surface area contributed by atoms with E-state index < -0.39 is 12.0 Å². The molecule has 2 rings (SSSR count). The van der Waals surface area contributed by atoms with Crippen molar-refractivity contribution >= 4 is 11.9 Å². The van der Waals surface area contributed by atoms with Crippen LogP contribution in [0.4, 0.5) is 0 Å². The minimum Gasteiger partial charge on any atom is -0.496 e. The average molecular weight is 276 g/mol. The Hall–Kier alpha value is -2.50. The molecule has 0 bridgehead atoms. The highest BCUT2D eigenvalue weighted by molar-refractivity contribution is 5.98. The molecule has 0 aromatic heterocycles. The second-order valence-corrected chi connectivity index (χ2v) is 4.30. The molecular weight excluding hydrogens is 260 g/mol. The molecule has 6 heteroatoms. The number of para-hydroxylation sites is 1. The maximum Gasteiger partial charge on any atom is 0.356 e. The van der Waals surface area contributed by atoms with Gasteiger partial charge in [-0.05, 0) is 13.0 Å². The minimum absolute atomic E-state index is 0.128. The van der Waals surface area contributed by atoms with Gasteiger partial charge in [0.15, 0.2) is 0 Å². The Morgan fingerprint density at radius 2 is 1.95 bits per heavy atom. The number of ether oxygens (including phenoxy) is 2. The topological polar surface area (TPSA) is 76.7 Å². The number of methoxy groups -OCH3 is 2. The first-order valence-corrected chi connectivity index (χ1v) is 6.08. The Morgan fingerprint density at radius 1 is 1.25 bits per heavy atom. The zero-order valence-corrected chi connectivity index (χ0v) is 11.5.